The lowest BCUT2D eigenvalue weighted by Gasteiger charge is -2.59. The van der Waals surface area contributed by atoms with Crippen LogP contribution in [-0.2, 0) is 25.1 Å². The largest absolute Gasteiger partial charge is 0.468 e. The maximum absolute atomic E-state index is 14.8. The van der Waals surface area contributed by atoms with Crippen molar-refractivity contribution in [1.29, 1.82) is 0 Å². The minimum Gasteiger partial charge on any atom is -0.468 e. The molecule has 12 rings (SSSR count). The molecule has 19 nitrogen and oxygen atoms in total. The van der Waals surface area contributed by atoms with E-state index in [-0.39, 0.29) is 34.7 Å². The van der Waals surface area contributed by atoms with E-state index in [1.165, 1.54) is 17.7 Å². The third-order valence-electron chi connectivity index (χ3n) is 18.7. The Morgan fingerprint density at radius 3 is 2.42 bits per heavy atom. The van der Waals surface area contributed by atoms with Crippen LogP contribution in [0.15, 0.2) is 83.9 Å². The van der Waals surface area contributed by atoms with Crippen molar-refractivity contribution in [2.24, 2.45) is 11.3 Å². The molecule has 0 unspecified atom stereocenters. The quantitative estimate of drug-likeness (QED) is 0.0554. The van der Waals surface area contributed by atoms with Crippen molar-refractivity contribution < 1.29 is 42.6 Å². The number of benzene rings is 3. The van der Waals surface area contributed by atoms with Gasteiger partial charge < -0.3 is 44.5 Å². The van der Waals surface area contributed by atoms with Crippen molar-refractivity contribution in [2.75, 3.05) is 80.8 Å². The number of hydrogen-bond donors (Lipinski definition) is 5. The highest BCUT2D eigenvalue weighted by Gasteiger charge is 2.51. The minimum atomic E-state index is -4.64. The molecule has 2 aliphatic carbocycles. The van der Waals surface area contributed by atoms with Gasteiger partial charge in [-0.25, -0.2) is 13.1 Å². The monoisotopic (exact) mass is 1100 g/mol. The zero-order valence-electron chi connectivity index (χ0n) is 45.6. The van der Waals surface area contributed by atoms with Gasteiger partial charge in [-0.05, 0) is 156 Å². The van der Waals surface area contributed by atoms with Gasteiger partial charge in [0.15, 0.2) is 0 Å². The SMILES string of the molecule is CC1(O)CCC(CNc2ccc(S(=O)(=O)NC(=O)c3ccc(N4CCC5(CC4)CC(N4CCN(C6CCOCC6)C[C@H]4c4ccccc4C(C)(C)O)C5)cc3N3c4cc5cc[nH]c5nc4O[C@H]4COCC[C@@H]43)cc2[N+](=O)[O-])CC1. The Balaban J connectivity index is 0.807. The van der Waals surface area contributed by atoms with E-state index in [0.717, 1.165) is 120 Å². The van der Waals surface area contributed by atoms with Crippen LogP contribution in [0.4, 0.5) is 28.4 Å². The number of anilines is 4. The summed E-state index contributed by atoms with van der Waals surface area (Å²) in [5.41, 5.74) is 3.19. The molecule has 0 bridgehead atoms. The van der Waals surface area contributed by atoms with Gasteiger partial charge in [0.05, 0.1) is 44.9 Å². The normalized spacial score (nSPS) is 26.2. The number of carbonyl (C=O) groups excluding carboxylic acids is 1. The number of sulfonamides is 1. The fourth-order valence-electron chi connectivity index (χ4n) is 14.1. The Labute approximate surface area is 462 Å². The van der Waals surface area contributed by atoms with Gasteiger partial charge in [0, 0.05) is 101 Å². The number of nitrogens with one attached hydrogen (secondary N) is 3. The Morgan fingerprint density at radius 1 is 0.899 bits per heavy atom. The summed E-state index contributed by atoms with van der Waals surface area (Å²) in [5, 5.41) is 38.3. The van der Waals surface area contributed by atoms with Crippen LogP contribution in [-0.4, -0.2) is 145 Å². The van der Waals surface area contributed by atoms with E-state index < -0.39 is 48.7 Å². The fraction of sp³-hybridized carbons (Fsp3) is 0.559. The molecule has 7 aliphatic rings. The number of piperidine rings is 1. The van der Waals surface area contributed by atoms with Crippen molar-refractivity contribution in [3.05, 3.63) is 106 Å². The molecular weight excluding hydrogens is 1030 g/mol. The Bertz CT molecular complexity index is 3190. The molecule has 6 fully saturated rings. The molecule has 2 saturated carbocycles. The molecule has 7 heterocycles. The molecule has 422 valence electrons. The first-order chi connectivity index (χ1) is 37.9. The molecule has 0 radical (unpaired) electrons. The Hall–Kier alpha value is -5.87. The highest BCUT2D eigenvalue weighted by molar-refractivity contribution is 7.90. The second-order valence-corrected chi connectivity index (χ2v) is 26.0. The maximum atomic E-state index is 14.8. The van der Waals surface area contributed by atoms with Crippen LogP contribution in [0.5, 0.6) is 5.88 Å². The topological polar surface area (TPSA) is 228 Å². The molecule has 3 aromatic carbocycles. The molecule has 5 aliphatic heterocycles. The first kappa shape index (κ1) is 53.8. The number of H-pyrrole nitrogens is 1. The number of aromatic nitrogens is 2. The van der Waals surface area contributed by atoms with Gasteiger partial charge in [-0.3, -0.25) is 24.7 Å². The number of pyridine rings is 1. The van der Waals surface area contributed by atoms with Crippen LogP contribution in [0, 0.1) is 21.4 Å². The third-order valence-corrected chi connectivity index (χ3v) is 20.0. The molecule has 20 heteroatoms. The predicted molar refractivity (Wildman–Crippen MR) is 301 cm³/mol. The van der Waals surface area contributed by atoms with E-state index >= 15 is 0 Å². The lowest BCUT2D eigenvalue weighted by Crippen LogP contribution is -2.61. The summed E-state index contributed by atoms with van der Waals surface area (Å²) in [4.78, 5) is 44.1. The van der Waals surface area contributed by atoms with Gasteiger partial charge >= 0.3 is 0 Å². The van der Waals surface area contributed by atoms with E-state index in [4.69, 9.17) is 19.2 Å². The fourth-order valence-corrected chi connectivity index (χ4v) is 15.1. The number of hydrogen-bond acceptors (Lipinski definition) is 16. The highest BCUT2D eigenvalue weighted by Crippen LogP contribution is 2.54. The highest BCUT2D eigenvalue weighted by atomic mass is 32.2. The van der Waals surface area contributed by atoms with Gasteiger partial charge in [0.1, 0.15) is 23.1 Å². The number of aliphatic hydroxyl groups is 2. The van der Waals surface area contributed by atoms with E-state index in [2.05, 4.69) is 52.8 Å². The molecule has 1 spiro atoms. The molecule has 4 saturated heterocycles. The van der Waals surface area contributed by atoms with E-state index in [9.17, 15) is 33.5 Å². The standard InChI is InChI=1S/C59H75N9O10S/c1-57(2,70)46-7-5-4-6-44(46)52-36-65(40-15-27-76-28-16-40)25-26-66(52)42-33-59(34-42)20-23-64(24-21-59)41-8-10-45(49(31-41)67-48-17-29-77-37-53(48)78-56-51(67)30-39-14-22-60-54(39)62-56)55(69)63-79(74,75)43-9-11-47(50(32-43)68(72)73)61-35-38-12-18-58(3,71)19-13-38/h4-11,14,22,30-32,38,40,42,48,52-53,61,70-71H,12-13,15-21,23-29,33-37H2,1-3H3,(H,60,62)(H,63,69)/t38?,48-,52-,53-,58?/m0/s1. The number of nitrogens with zero attached hydrogens (tertiary/aromatic N) is 6. The zero-order chi connectivity index (χ0) is 54.8. The van der Waals surface area contributed by atoms with Gasteiger partial charge in [-0.2, -0.15) is 4.98 Å². The lowest BCUT2D eigenvalue weighted by molar-refractivity contribution is -0.384. The molecule has 5 aromatic rings. The van der Waals surface area contributed by atoms with Gasteiger partial charge in [-0.15, -0.1) is 0 Å². The molecule has 2 aromatic heterocycles. The van der Waals surface area contributed by atoms with Crippen LogP contribution in [0.1, 0.15) is 119 Å². The smallest absolute Gasteiger partial charge is 0.293 e. The average molecular weight is 1100 g/mol. The van der Waals surface area contributed by atoms with Gasteiger partial charge in [0.2, 0.25) is 5.88 Å². The first-order valence-electron chi connectivity index (χ1n) is 28.5. The lowest BCUT2D eigenvalue weighted by atomic mass is 9.59. The summed E-state index contributed by atoms with van der Waals surface area (Å²) in [7, 11) is -4.64. The number of ether oxygens (including phenoxy) is 3. The Kier molecular flexibility index (Phi) is 14.4. The van der Waals surface area contributed by atoms with E-state index in [0.29, 0.717) is 74.0 Å². The second kappa shape index (κ2) is 21.2. The number of carbonyl (C=O) groups is 1. The predicted octanol–water partition coefficient (Wildman–Crippen LogP) is 8.15. The summed E-state index contributed by atoms with van der Waals surface area (Å²) < 4.78 is 49.1. The van der Waals surface area contributed by atoms with Crippen molar-refractivity contribution in [1.82, 2.24) is 24.5 Å². The van der Waals surface area contributed by atoms with E-state index in [1.807, 2.05) is 51.1 Å². The third kappa shape index (κ3) is 10.8. The first-order valence-corrected chi connectivity index (χ1v) is 30.0. The number of rotatable bonds is 13. The number of nitro benzene ring substituents is 1. The maximum Gasteiger partial charge on any atom is 0.293 e. The summed E-state index contributed by atoms with van der Waals surface area (Å²) >= 11 is 0. The van der Waals surface area contributed by atoms with Crippen LogP contribution in [0.25, 0.3) is 11.0 Å². The average Bonchev–Trinajstić information content (AvgIpc) is 4.11. The molecule has 5 N–H and O–H groups in total. The van der Waals surface area contributed by atoms with Crippen molar-refractivity contribution in [3.63, 3.8) is 0 Å². The number of aromatic amines is 1. The summed E-state index contributed by atoms with van der Waals surface area (Å²) in [5.74, 6) is -0.339. The van der Waals surface area contributed by atoms with Crippen LogP contribution in [0.3, 0.4) is 0 Å². The van der Waals surface area contributed by atoms with Crippen molar-refractivity contribution >= 4 is 55.4 Å². The number of nitro groups is 1. The van der Waals surface area contributed by atoms with Crippen molar-refractivity contribution in [2.45, 2.75) is 138 Å². The van der Waals surface area contributed by atoms with E-state index in [1.54, 1.807) is 12.3 Å². The van der Waals surface area contributed by atoms with Gasteiger partial charge in [-0.1, -0.05) is 24.3 Å². The van der Waals surface area contributed by atoms with Gasteiger partial charge in [0.25, 0.3) is 21.6 Å². The minimum absolute atomic E-state index is 0.103. The molecule has 79 heavy (non-hydrogen) atoms. The summed E-state index contributed by atoms with van der Waals surface area (Å²) in [6.45, 7) is 12.9. The molecule has 1 amide bonds. The molecule has 3 atom stereocenters. The second-order valence-electron chi connectivity index (χ2n) is 24.4. The number of piperazine rings is 1. The number of fused-ring (bicyclic) bond motifs is 3. The van der Waals surface area contributed by atoms with Crippen LogP contribution in [0.2, 0.25) is 0 Å². The summed E-state index contributed by atoms with van der Waals surface area (Å²) in [6.07, 6.45) is 11.0. The zero-order valence-corrected chi connectivity index (χ0v) is 46.4. The number of amides is 1. The van der Waals surface area contributed by atoms with Crippen LogP contribution >= 0.6 is 0 Å². The van der Waals surface area contributed by atoms with Crippen LogP contribution < -0.4 is 24.6 Å². The Morgan fingerprint density at radius 2 is 1.66 bits per heavy atom. The molecular formula is C59H75N9O10S. The summed E-state index contributed by atoms with van der Waals surface area (Å²) in [6, 6.07) is 22.4. The van der Waals surface area contributed by atoms with Crippen molar-refractivity contribution in [3.8, 4) is 5.88 Å².